The molecule has 7 nitrogen and oxygen atoms in total. The van der Waals surface area contributed by atoms with Gasteiger partial charge in [0.15, 0.2) is 5.76 Å². The third-order valence-corrected chi connectivity index (χ3v) is 6.26. The molecule has 166 valence electrons. The predicted octanol–water partition coefficient (Wildman–Crippen LogP) is 2.87. The van der Waals surface area contributed by atoms with E-state index in [0.29, 0.717) is 18.8 Å². The topological polar surface area (TPSA) is 66.2 Å². The van der Waals surface area contributed by atoms with Gasteiger partial charge in [-0.1, -0.05) is 12.1 Å². The summed E-state index contributed by atoms with van der Waals surface area (Å²) in [6, 6.07) is 11.6. The number of likely N-dealkylation sites (tertiary alicyclic amines) is 1. The van der Waals surface area contributed by atoms with Crippen molar-refractivity contribution in [2.75, 3.05) is 46.4 Å². The van der Waals surface area contributed by atoms with Crippen LogP contribution in [-0.2, 0) is 11.3 Å². The lowest BCUT2D eigenvalue weighted by Gasteiger charge is -2.34. The monoisotopic (exact) mass is 425 g/mol. The maximum Gasteiger partial charge on any atom is 0.289 e. The van der Waals surface area contributed by atoms with E-state index in [0.717, 1.165) is 57.7 Å². The van der Waals surface area contributed by atoms with E-state index in [1.165, 1.54) is 11.8 Å². The highest BCUT2D eigenvalue weighted by Crippen LogP contribution is 2.22. The van der Waals surface area contributed by atoms with Crippen LogP contribution in [0.15, 0.2) is 47.1 Å². The van der Waals surface area contributed by atoms with Crippen LogP contribution < -0.4 is 4.74 Å². The maximum atomic E-state index is 13.2. The Balaban J connectivity index is 1.31. The molecular weight excluding hydrogens is 394 g/mol. The number of hydrogen-bond donors (Lipinski definition) is 0. The number of benzene rings is 1. The molecule has 1 aromatic heterocycles. The van der Waals surface area contributed by atoms with Gasteiger partial charge in [0.1, 0.15) is 5.75 Å². The van der Waals surface area contributed by atoms with E-state index in [-0.39, 0.29) is 17.7 Å². The van der Waals surface area contributed by atoms with Gasteiger partial charge in [-0.3, -0.25) is 14.5 Å². The minimum Gasteiger partial charge on any atom is -0.497 e. The summed E-state index contributed by atoms with van der Waals surface area (Å²) >= 11 is 0. The summed E-state index contributed by atoms with van der Waals surface area (Å²) in [6.07, 6.45) is 4.16. The molecule has 1 unspecified atom stereocenters. The van der Waals surface area contributed by atoms with Gasteiger partial charge in [-0.25, -0.2) is 0 Å². The van der Waals surface area contributed by atoms with Crippen molar-refractivity contribution < 1.29 is 18.7 Å². The fraction of sp³-hybridized carbons (Fsp3) is 0.500. The Bertz CT molecular complexity index is 865. The number of rotatable bonds is 5. The summed E-state index contributed by atoms with van der Waals surface area (Å²) in [6.45, 7) is 5.38. The second-order valence-electron chi connectivity index (χ2n) is 8.37. The van der Waals surface area contributed by atoms with Gasteiger partial charge in [0.2, 0.25) is 5.91 Å². The summed E-state index contributed by atoms with van der Waals surface area (Å²) in [7, 11) is 1.67. The highest BCUT2D eigenvalue weighted by atomic mass is 16.5. The zero-order chi connectivity index (χ0) is 21.6. The molecule has 2 saturated heterocycles. The Morgan fingerprint density at radius 3 is 2.55 bits per heavy atom. The number of carbonyl (C=O) groups excluding carboxylic acids is 2. The number of amides is 2. The largest absolute Gasteiger partial charge is 0.497 e. The zero-order valence-electron chi connectivity index (χ0n) is 18.2. The molecule has 2 aliphatic rings. The van der Waals surface area contributed by atoms with Crippen molar-refractivity contribution in [1.29, 1.82) is 0 Å². The lowest BCUT2D eigenvalue weighted by atomic mass is 9.96. The fourth-order valence-electron chi connectivity index (χ4n) is 4.52. The molecule has 3 heterocycles. The molecule has 0 radical (unpaired) electrons. The van der Waals surface area contributed by atoms with Gasteiger partial charge in [0.25, 0.3) is 5.91 Å². The minimum atomic E-state index is -0.124. The Morgan fingerprint density at radius 2 is 1.81 bits per heavy atom. The minimum absolute atomic E-state index is 0.121. The average Bonchev–Trinajstić information content (AvgIpc) is 3.26. The van der Waals surface area contributed by atoms with Gasteiger partial charge in [-0.2, -0.15) is 0 Å². The number of furan rings is 1. The molecule has 0 aliphatic carbocycles. The maximum absolute atomic E-state index is 13.2. The summed E-state index contributed by atoms with van der Waals surface area (Å²) in [5.74, 6) is 1.15. The van der Waals surface area contributed by atoms with Gasteiger partial charge in [-0.15, -0.1) is 0 Å². The average molecular weight is 426 g/mol. The van der Waals surface area contributed by atoms with Crippen molar-refractivity contribution in [1.82, 2.24) is 14.7 Å². The number of ether oxygens (including phenoxy) is 1. The van der Waals surface area contributed by atoms with E-state index >= 15 is 0 Å². The summed E-state index contributed by atoms with van der Waals surface area (Å²) in [4.78, 5) is 32.0. The Kier molecular flexibility index (Phi) is 6.92. The van der Waals surface area contributed by atoms with Gasteiger partial charge in [-0.05, 0) is 49.1 Å². The zero-order valence-corrected chi connectivity index (χ0v) is 18.2. The number of carbonyl (C=O) groups is 2. The third-order valence-electron chi connectivity index (χ3n) is 6.26. The summed E-state index contributed by atoms with van der Waals surface area (Å²) in [5, 5.41) is 0. The molecule has 1 aromatic carbocycles. The van der Waals surface area contributed by atoms with Crippen LogP contribution in [0.3, 0.4) is 0 Å². The number of hydrogen-bond acceptors (Lipinski definition) is 5. The quantitative estimate of drug-likeness (QED) is 0.737. The van der Waals surface area contributed by atoms with E-state index in [1.54, 1.807) is 24.1 Å². The molecule has 2 amide bonds. The fourth-order valence-corrected chi connectivity index (χ4v) is 4.52. The first-order valence-electron chi connectivity index (χ1n) is 11.1. The van der Waals surface area contributed by atoms with Crippen LogP contribution in [0.1, 0.15) is 35.4 Å². The smallest absolute Gasteiger partial charge is 0.289 e. The van der Waals surface area contributed by atoms with Gasteiger partial charge >= 0.3 is 0 Å². The van der Waals surface area contributed by atoms with E-state index < -0.39 is 0 Å². The van der Waals surface area contributed by atoms with Crippen molar-refractivity contribution in [3.8, 4) is 5.75 Å². The highest BCUT2D eigenvalue weighted by molar-refractivity contribution is 5.92. The van der Waals surface area contributed by atoms with Crippen LogP contribution in [0.5, 0.6) is 5.75 Å². The second-order valence-corrected chi connectivity index (χ2v) is 8.37. The molecule has 2 aliphatic heterocycles. The first kappa shape index (κ1) is 21.4. The van der Waals surface area contributed by atoms with Crippen LogP contribution in [-0.4, -0.2) is 72.9 Å². The van der Waals surface area contributed by atoms with E-state index in [4.69, 9.17) is 9.15 Å². The lowest BCUT2D eigenvalue weighted by Crippen LogP contribution is -2.47. The second kappa shape index (κ2) is 10.0. The molecule has 0 bridgehead atoms. The highest BCUT2D eigenvalue weighted by Gasteiger charge is 2.32. The SMILES string of the molecule is COc1ccc(CN2CCCN(C(=O)C3CCCN(C(=O)c4ccco4)C3)CC2)cc1. The number of piperidine rings is 1. The molecule has 2 aromatic rings. The van der Waals surface area contributed by atoms with Crippen molar-refractivity contribution in [3.05, 3.63) is 54.0 Å². The van der Waals surface area contributed by atoms with Crippen LogP contribution >= 0.6 is 0 Å². The van der Waals surface area contributed by atoms with Crippen molar-refractivity contribution in [2.45, 2.75) is 25.8 Å². The summed E-state index contributed by atoms with van der Waals surface area (Å²) in [5.41, 5.74) is 1.25. The van der Waals surface area contributed by atoms with Gasteiger partial charge in [0, 0.05) is 45.8 Å². The van der Waals surface area contributed by atoms with Crippen LogP contribution in [0.4, 0.5) is 0 Å². The molecule has 31 heavy (non-hydrogen) atoms. The number of methoxy groups -OCH3 is 1. The standard InChI is InChI=1S/C24H31N3O4/c1-30-21-9-7-19(8-10-21)17-25-11-4-13-26(15-14-25)23(28)20-5-2-12-27(18-20)24(29)22-6-3-16-31-22/h3,6-10,16,20H,2,4-5,11-15,17-18H2,1H3. The van der Waals surface area contributed by atoms with Crippen LogP contribution in [0.25, 0.3) is 0 Å². The van der Waals surface area contributed by atoms with Crippen LogP contribution in [0, 0.1) is 5.92 Å². The molecule has 0 N–H and O–H groups in total. The van der Waals surface area contributed by atoms with E-state index in [2.05, 4.69) is 17.0 Å². The Morgan fingerprint density at radius 1 is 1.00 bits per heavy atom. The third kappa shape index (κ3) is 5.28. The lowest BCUT2D eigenvalue weighted by molar-refractivity contribution is -0.136. The molecular formula is C24H31N3O4. The van der Waals surface area contributed by atoms with Gasteiger partial charge < -0.3 is 19.0 Å². The number of nitrogens with zero attached hydrogens (tertiary/aromatic N) is 3. The van der Waals surface area contributed by atoms with Crippen molar-refractivity contribution in [2.24, 2.45) is 5.92 Å². The molecule has 4 rings (SSSR count). The molecule has 7 heteroatoms. The van der Waals surface area contributed by atoms with Gasteiger partial charge in [0.05, 0.1) is 19.3 Å². The molecule has 2 fully saturated rings. The van der Waals surface area contributed by atoms with E-state index in [1.807, 2.05) is 17.0 Å². The normalized spacial score (nSPS) is 20.4. The Hall–Kier alpha value is -2.80. The van der Waals surface area contributed by atoms with E-state index in [9.17, 15) is 9.59 Å². The molecule has 1 atom stereocenters. The Labute approximate surface area is 183 Å². The van der Waals surface area contributed by atoms with Crippen LogP contribution in [0.2, 0.25) is 0 Å². The molecule has 0 spiro atoms. The predicted molar refractivity (Wildman–Crippen MR) is 117 cm³/mol. The first-order valence-corrected chi connectivity index (χ1v) is 11.1. The summed E-state index contributed by atoms with van der Waals surface area (Å²) < 4.78 is 10.5. The first-order chi connectivity index (χ1) is 15.1. The van der Waals surface area contributed by atoms with Crippen molar-refractivity contribution >= 4 is 11.8 Å². The van der Waals surface area contributed by atoms with Crippen molar-refractivity contribution in [3.63, 3.8) is 0 Å². The molecule has 0 saturated carbocycles.